The fraction of sp³-hybridized carbons (Fsp3) is 0.488. The molecule has 7 rings (SSSR count). The molecule has 1 atom stereocenters. The summed E-state index contributed by atoms with van der Waals surface area (Å²) in [6, 6.07) is 13.3. The van der Waals surface area contributed by atoms with Crippen LogP contribution < -0.4 is 25.6 Å². The van der Waals surface area contributed by atoms with Gasteiger partial charge < -0.3 is 29.6 Å². The molecule has 3 aromatic heterocycles. The highest BCUT2D eigenvalue weighted by Gasteiger charge is 2.33. The Labute approximate surface area is 324 Å². The molecule has 1 saturated carbocycles. The van der Waals surface area contributed by atoms with Gasteiger partial charge in [0.05, 0.1) is 17.4 Å². The highest BCUT2D eigenvalue weighted by atomic mass is 19.4. The number of halogens is 3. The fourth-order valence-corrected chi connectivity index (χ4v) is 8.19. The summed E-state index contributed by atoms with van der Waals surface area (Å²) in [5.41, 5.74) is 2.67. The number of anilines is 3. The number of hydrogen-bond acceptors (Lipinski definition) is 9. The number of nitrogens with one attached hydrogen (secondary N) is 3. The molecule has 0 bridgehead atoms. The van der Waals surface area contributed by atoms with Gasteiger partial charge >= 0.3 is 6.18 Å². The lowest BCUT2D eigenvalue weighted by Crippen LogP contribution is -2.47. The van der Waals surface area contributed by atoms with Crippen LogP contribution in [0, 0.1) is 5.92 Å². The molecule has 15 heteroatoms. The lowest BCUT2D eigenvalue weighted by Gasteiger charge is -2.40. The molecule has 3 N–H and O–H groups in total. The van der Waals surface area contributed by atoms with Gasteiger partial charge in [-0.2, -0.15) is 13.2 Å². The van der Waals surface area contributed by atoms with Gasteiger partial charge in [-0.05, 0) is 102 Å². The summed E-state index contributed by atoms with van der Waals surface area (Å²) in [7, 11) is 2.24. The van der Waals surface area contributed by atoms with Crippen LogP contribution in [0.3, 0.4) is 0 Å². The van der Waals surface area contributed by atoms with E-state index in [0.29, 0.717) is 36.2 Å². The third kappa shape index (κ3) is 9.26. The van der Waals surface area contributed by atoms with E-state index in [-0.39, 0.29) is 35.2 Å². The van der Waals surface area contributed by atoms with Crippen LogP contribution in [0.15, 0.2) is 60.9 Å². The first-order valence-corrected chi connectivity index (χ1v) is 19.5. The van der Waals surface area contributed by atoms with Crippen molar-refractivity contribution < 1.29 is 32.3 Å². The van der Waals surface area contributed by atoms with Gasteiger partial charge in [0.1, 0.15) is 29.0 Å². The molecule has 3 aliphatic rings. The lowest BCUT2D eigenvalue weighted by molar-refractivity contribution is -0.141. The maximum atomic E-state index is 13.4. The zero-order valence-electron chi connectivity index (χ0n) is 31.9. The highest BCUT2D eigenvalue weighted by Crippen LogP contribution is 2.37. The molecule has 5 heterocycles. The molecule has 3 fully saturated rings. The van der Waals surface area contributed by atoms with E-state index in [0.717, 1.165) is 81.3 Å². The van der Waals surface area contributed by atoms with E-state index < -0.39 is 23.8 Å². The number of aromatic nitrogens is 3. The van der Waals surface area contributed by atoms with Crippen molar-refractivity contribution >= 4 is 40.6 Å². The number of amides is 3. The minimum absolute atomic E-state index is 0.169. The highest BCUT2D eigenvalue weighted by molar-refractivity contribution is 6.06. The van der Waals surface area contributed by atoms with Crippen LogP contribution in [-0.2, 0) is 15.8 Å². The molecule has 298 valence electrons. The number of alkyl halides is 3. The average molecular weight is 775 g/mol. The second-order valence-electron chi connectivity index (χ2n) is 15.6. The van der Waals surface area contributed by atoms with Gasteiger partial charge in [0.2, 0.25) is 11.8 Å². The Morgan fingerprint density at radius 3 is 2.45 bits per heavy atom. The molecule has 1 unspecified atom stereocenters. The number of rotatable bonds is 11. The third-order valence-corrected chi connectivity index (χ3v) is 11.2. The standard InChI is InChI=1S/C41H49F3N8O4/c1-25(2)56-34-21-37-46-33(24-52(37)23-31(34)39(54)48-36-9-5-8-35(47-36)41(42,43)44)27-12-10-26(11-13-27)22-50(3)29-16-18-51(19-17-29)30-7-4-6-28(20-30)45-32-14-15-38(53)49-40(32)55/h4-9,20-21,23-27,29,32,45H,10-19,22H2,1-3H3,(H,47,48,54)(H,49,53,55). The van der Waals surface area contributed by atoms with E-state index >= 15 is 0 Å². The minimum atomic E-state index is -4.64. The normalized spacial score (nSPS) is 21.1. The second kappa shape index (κ2) is 16.5. The van der Waals surface area contributed by atoms with E-state index in [4.69, 9.17) is 9.72 Å². The van der Waals surface area contributed by atoms with Gasteiger partial charge in [-0.25, -0.2) is 9.97 Å². The second-order valence-corrected chi connectivity index (χ2v) is 15.6. The van der Waals surface area contributed by atoms with E-state index in [2.05, 4.69) is 49.9 Å². The molecular weight excluding hydrogens is 725 g/mol. The molecular formula is C41H49F3N8O4. The summed E-state index contributed by atoms with van der Waals surface area (Å²) in [5.74, 6) is -0.169. The summed E-state index contributed by atoms with van der Waals surface area (Å²) in [4.78, 5) is 50.6. The Morgan fingerprint density at radius 1 is 0.982 bits per heavy atom. The third-order valence-electron chi connectivity index (χ3n) is 11.2. The topological polar surface area (TPSA) is 133 Å². The maximum Gasteiger partial charge on any atom is 0.433 e. The van der Waals surface area contributed by atoms with E-state index in [1.54, 1.807) is 16.7 Å². The van der Waals surface area contributed by atoms with Crippen LogP contribution in [0.2, 0.25) is 0 Å². The summed E-state index contributed by atoms with van der Waals surface area (Å²) in [6.07, 6.45) is 5.84. The molecule has 0 spiro atoms. The largest absolute Gasteiger partial charge is 0.490 e. The molecule has 0 radical (unpaired) electrons. The molecule has 12 nitrogen and oxygen atoms in total. The van der Waals surface area contributed by atoms with Gasteiger partial charge in [-0.3, -0.25) is 19.7 Å². The summed E-state index contributed by atoms with van der Waals surface area (Å²) in [5, 5.41) is 8.21. The zero-order valence-corrected chi connectivity index (χ0v) is 31.9. The van der Waals surface area contributed by atoms with E-state index in [1.807, 2.05) is 32.2 Å². The molecule has 2 saturated heterocycles. The SMILES string of the molecule is CC(C)Oc1cc2nc(C3CCC(CN(C)C4CCN(c5cccc(NC6CCC(=O)NC6=O)c5)CC4)CC3)cn2cc1C(=O)Nc1cccc(C(F)(F)F)n1. The molecule has 2 aliphatic heterocycles. The van der Waals surface area contributed by atoms with Crippen molar-refractivity contribution in [2.24, 2.45) is 5.92 Å². The number of ether oxygens (including phenoxy) is 1. The number of imide groups is 1. The van der Waals surface area contributed by atoms with Crippen LogP contribution in [0.4, 0.5) is 30.4 Å². The van der Waals surface area contributed by atoms with E-state index in [9.17, 15) is 27.6 Å². The van der Waals surface area contributed by atoms with Crippen molar-refractivity contribution in [3.05, 3.63) is 77.9 Å². The molecule has 56 heavy (non-hydrogen) atoms. The van der Waals surface area contributed by atoms with Crippen molar-refractivity contribution in [3.63, 3.8) is 0 Å². The van der Waals surface area contributed by atoms with Gasteiger partial charge in [0, 0.05) is 67.8 Å². The number of pyridine rings is 2. The summed E-state index contributed by atoms with van der Waals surface area (Å²) in [6.45, 7) is 6.62. The number of carbonyl (C=O) groups is 3. The molecule has 1 aliphatic carbocycles. The smallest absolute Gasteiger partial charge is 0.433 e. The molecule has 4 aromatic rings. The minimum Gasteiger partial charge on any atom is -0.490 e. The maximum absolute atomic E-state index is 13.4. The number of carbonyl (C=O) groups excluding carboxylic acids is 3. The monoisotopic (exact) mass is 774 g/mol. The Hall–Kier alpha value is -5.18. The van der Waals surface area contributed by atoms with E-state index in [1.165, 1.54) is 12.1 Å². The number of piperidine rings is 2. The quantitative estimate of drug-likeness (QED) is 0.140. The Kier molecular flexibility index (Phi) is 11.5. The van der Waals surface area contributed by atoms with Gasteiger partial charge in [-0.15, -0.1) is 0 Å². The Balaban J connectivity index is 0.920. The zero-order chi connectivity index (χ0) is 39.6. The molecule has 3 amide bonds. The van der Waals surface area contributed by atoms with Gasteiger partial charge in [-0.1, -0.05) is 12.1 Å². The van der Waals surface area contributed by atoms with Crippen molar-refractivity contribution in [2.45, 2.75) is 95.5 Å². The van der Waals surface area contributed by atoms with Crippen LogP contribution in [0.5, 0.6) is 5.75 Å². The van der Waals surface area contributed by atoms with Crippen LogP contribution in [0.1, 0.15) is 92.9 Å². The number of hydrogen-bond donors (Lipinski definition) is 3. The van der Waals surface area contributed by atoms with Crippen LogP contribution >= 0.6 is 0 Å². The molecule has 1 aromatic carbocycles. The van der Waals surface area contributed by atoms with Gasteiger partial charge in [0.15, 0.2) is 0 Å². The summed E-state index contributed by atoms with van der Waals surface area (Å²) >= 11 is 0. The first-order valence-electron chi connectivity index (χ1n) is 19.5. The predicted molar refractivity (Wildman–Crippen MR) is 207 cm³/mol. The van der Waals surface area contributed by atoms with Gasteiger partial charge in [0.25, 0.3) is 5.91 Å². The Bertz CT molecular complexity index is 2050. The number of imidazole rings is 1. The van der Waals surface area contributed by atoms with Crippen molar-refractivity contribution in [2.75, 3.05) is 42.2 Å². The number of nitrogens with zero attached hydrogens (tertiary/aromatic N) is 5. The van der Waals surface area contributed by atoms with Crippen molar-refractivity contribution in [3.8, 4) is 5.75 Å². The van der Waals surface area contributed by atoms with Crippen molar-refractivity contribution in [1.82, 2.24) is 24.6 Å². The Morgan fingerprint density at radius 2 is 1.73 bits per heavy atom. The predicted octanol–water partition coefficient (Wildman–Crippen LogP) is 6.88. The first kappa shape index (κ1) is 39.1. The number of fused-ring (bicyclic) bond motifs is 1. The fourth-order valence-electron chi connectivity index (χ4n) is 8.19. The summed E-state index contributed by atoms with van der Waals surface area (Å²) < 4.78 is 47.4. The first-order chi connectivity index (χ1) is 26.8. The van der Waals surface area contributed by atoms with Crippen LogP contribution in [-0.4, -0.2) is 81.9 Å². The van der Waals surface area contributed by atoms with Crippen molar-refractivity contribution in [1.29, 1.82) is 0 Å². The van der Waals surface area contributed by atoms with Crippen LogP contribution in [0.25, 0.3) is 5.65 Å². The average Bonchev–Trinajstić information content (AvgIpc) is 3.59. The number of benzene rings is 1. The lowest BCUT2D eigenvalue weighted by atomic mass is 9.80.